The van der Waals surface area contributed by atoms with Crippen LogP contribution in [0, 0.1) is 0 Å². The van der Waals surface area contributed by atoms with E-state index in [1.807, 2.05) is 24.3 Å². The third kappa shape index (κ3) is 4.86. The molecule has 4 rings (SSSR count). The largest absolute Gasteiger partial charge is 0.495 e. The number of aryl methyl sites for hydroxylation is 2. The molecule has 0 amide bonds. The predicted molar refractivity (Wildman–Crippen MR) is 129 cm³/mol. The molecule has 1 aliphatic rings. The summed E-state index contributed by atoms with van der Waals surface area (Å²) in [5.41, 5.74) is 4.21. The summed E-state index contributed by atoms with van der Waals surface area (Å²) in [6.45, 7) is 3.48. The summed E-state index contributed by atoms with van der Waals surface area (Å²) in [6.07, 6.45) is 6.09. The maximum absolute atomic E-state index is 12.7. The second-order valence-corrected chi connectivity index (χ2v) is 11.6. The highest BCUT2D eigenvalue weighted by atomic mass is 35.5. The standard InChI is InChI=1S/C23H26ClN4O2P/c1-30-20-13-16-9-5-4-8-15(16)12-19(20)27-23-25-14-17(24)22(28-23)26-18-10-6-7-11-21(18)31(2,3)29/h6-7,10-14H,4-5,8-9H2,1-3H3,(H2,25,26,27,28). The highest BCUT2D eigenvalue weighted by Gasteiger charge is 2.18. The highest BCUT2D eigenvalue weighted by molar-refractivity contribution is 7.70. The van der Waals surface area contributed by atoms with Crippen molar-refractivity contribution in [1.82, 2.24) is 9.97 Å². The summed E-state index contributed by atoms with van der Waals surface area (Å²) in [5, 5.41) is 7.62. The molecule has 0 atom stereocenters. The molecule has 0 spiro atoms. The molecule has 6 nitrogen and oxygen atoms in total. The minimum atomic E-state index is -2.48. The van der Waals surface area contributed by atoms with Crippen LogP contribution >= 0.6 is 18.7 Å². The molecule has 31 heavy (non-hydrogen) atoms. The lowest BCUT2D eigenvalue weighted by molar-refractivity contribution is 0.415. The van der Waals surface area contributed by atoms with Gasteiger partial charge in [-0.1, -0.05) is 23.7 Å². The summed E-state index contributed by atoms with van der Waals surface area (Å²) in [7, 11) is -0.815. The number of nitrogens with one attached hydrogen (secondary N) is 2. The minimum absolute atomic E-state index is 0.375. The van der Waals surface area contributed by atoms with E-state index in [4.69, 9.17) is 16.3 Å². The summed E-state index contributed by atoms with van der Waals surface area (Å²) < 4.78 is 18.3. The van der Waals surface area contributed by atoms with Crippen LogP contribution in [0.15, 0.2) is 42.6 Å². The molecule has 0 radical (unpaired) electrons. The van der Waals surface area contributed by atoms with Crippen LogP contribution in [0.5, 0.6) is 5.75 Å². The zero-order chi connectivity index (χ0) is 22.0. The van der Waals surface area contributed by atoms with Gasteiger partial charge in [-0.15, -0.1) is 0 Å². The molecule has 0 fully saturated rings. The number of ether oxygens (including phenoxy) is 1. The van der Waals surface area contributed by atoms with Crippen LogP contribution < -0.4 is 20.7 Å². The number of hydrogen-bond donors (Lipinski definition) is 2. The quantitative estimate of drug-likeness (QED) is 0.460. The number of rotatable bonds is 6. The van der Waals surface area contributed by atoms with Crippen molar-refractivity contribution in [2.45, 2.75) is 25.7 Å². The SMILES string of the molecule is COc1cc2c(cc1Nc1ncc(Cl)c(Nc3ccccc3P(C)(C)=O)n1)CCCC2. The zero-order valence-electron chi connectivity index (χ0n) is 17.9. The van der Waals surface area contributed by atoms with Gasteiger partial charge in [-0.05, 0) is 74.4 Å². The van der Waals surface area contributed by atoms with E-state index in [1.54, 1.807) is 26.6 Å². The lowest BCUT2D eigenvalue weighted by Crippen LogP contribution is -2.11. The average Bonchev–Trinajstić information content (AvgIpc) is 2.75. The monoisotopic (exact) mass is 456 g/mol. The van der Waals surface area contributed by atoms with Gasteiger partial charge in [0, 0.05) is 5.30 Å². The van der Waals surface area contributed by atoms with Gasteiger partial charge in [-0.25, -0.2) is 4.98 Å². The first-order chi connectivity index (χ1) is 14.8. The number of hydrogen-bond acceptors (Lipinski definition) is 6. The number of nitrogens with zero attached hydrogens (tertiary/aromatic N) is 2. The maximum atomic E-state index is 12.7. The van der Waals surface area contributed by atoms with E-state index in [9.17, 15) is 4.57 Å². The van der Waals surface area contributed by atoms with Gasteiger partial charge in [0.15, 0.2) is 5.82 Å². The van der Waals surface area contributed by atoms with Crippen LogP contribution in [0.4, 0.5) is 23.1 Å². The van der Waals surface area contributed by atoms with Crippen LogP contribution in [0.2, 0.25) is 5.02 Å². The van der Waals surface area contributed by atoms with Crippen LogP contribution in [0.3, 0.4) is 0 Å². The van der Waals surface area contributed by atoms with E-state index >= 15 is 0 Å². The lowest BCUT2D eigenvalue weighted by Gasteiger charge is -2.20. The molecule has 0 saturated carbocycles. The molecule has 2 N–H and O–H groups in total. The molecule has 1 heterocycles. The number of aromatic nitrogens is 2. The fourth-order valence-corrected chi connectivity index (χ4v) is 5.14. The Bertz CT molecular complexity index is 1160. The molecule has 0 aliphatic heterocycles. The van der Waals surface area contributed by atoms with Crippen molar-refractivity contribution in [3.05, 3.63) is 58.7 Å². The Hall–Kier alpha value is -2.56. The summed E-state index contributed by atoms with van der Waals surface area (Å²) in [4.78, 5) is 8.89. The van der Waals surface area contributed by atoms with Crippen LogP contribution in [-0.2, 0) is 17.4 Å². The summed E-state index contributed by atoms with van der Waals surface area (Å²) >= 11 is 6.36. The van der Waals surface area contributed by atoms with Gasteiger partial charge < -0.3 is 19.9 Å². The number of halogens is 1. The Balaban J connectivity index is 1.65. The second-order valence-electron chi connectivity index (χ2n) is 8.04. The van der Waals surface area contributed by atoms with Crippen LogP contribution in [0.25, 0.3) is 0 Å². The van der Waals surface area contributed by atoms with Crippen molar-refractivity contribution in [3.63, 3.8) is 0 Å². The molecule has 0 unspecified atom stereocenters. The van der Waals surface area contributed by atoms with Gasteiger partial charge in [0.2, 0.25) is 5.95 Å². The average molecular weight is 457 g/mol. The van der Waals surface area contributed by atoms with E-state index in [0.717, 1.165) is 29.6 Å². The molecule has 3 aromatic rings. The van der Waals surface area contributed by atoms with Crippen molar-refractivity contribution < 1.29 is 9.30 Å². The number of fused-ring (bicyclic) bond motifs is 1. The molecular formula is C23H26ClN4O2P. The molecule has 162 valence electrons. The topological polar surface area (TPSA) is 76.1 Å². The molecule has 2 aromatic carbocycles. The van der Waals surface area contributed by atoms with Gasteiger partial charge in [-0.2, -0.15) is 4.98 Å². The first-order valence-electron chi connectivity index (χ1n) is 10.3. The Morgan fingerprint density at radius 3 is 2.45 bits per heavy atom. The minimum Gasteiger partial charge on any atom is -0.495 e. The number of methoxy groups -OCH3 is 1. The lowest BCUT2D eigenvalue weighted by atomic mass is 9.91. The number of anilines is 4. The van der Waals surface area contributed by atoms with E-state index < -0.39 is 7.14 Å². The fraction of sp³-hybridized carbons (Fsp3) is 0.304. The summed E-state index contributed by atoms with van der Waals surface area (Å²) in [6, 6.07) is 11.7. The zero-order valence-corrected chi connectivity index (χ0v) is 19.6. The molecule has 1 aliphatic carbocycles. The predicted octanol–water partition coefficient (Wildman–Crippen LogP) is 5.75. The van der Waals surface area contributed by atoms with Crippen LogP contribution in [0.1, 0.15) is 24.0 Å². The van der Waals surface area contributed by atoms with Crippen molar-refractivity contribution in [2.75, 3.05) is 31.1 Å². The Morgan fingerprint density at radius 1 is 1.03 bits per heavy atom. The Kier molecular flexibility index (Phi) is 6.22. The van der Waals surface area contributed by atoms with Crippen molar-refractivity contribution in [3.8, 4) is 5.75 Å². The maximum Gasteiger partial charge on any atom is 0.229 e. The van der Waals surface area contributed by atoms with Crippen molar-refractivity contribution in [2.24, 2.45) is 0 Å². The van der Waals surface area contributed by atoms with Gasteiger partial charge in [-0.3, -0.25) is 0 Å². The van der Waals surface area contributed by atoms with E-state index in [1.165, 1.54) is 24.0 Å². The number of benzene rings is 2. The molecule has 0 saturated heterocycles. The second kappa shape index (κ2) is 8.89. The highest BCUT2D eigenvalue weighted by Crippen LogP contribution is 2.39. The van der Waals surface area contributed by atoms with Gasteiger partial charge in [0.05, 0.1) is 24.7 Å². The first kappa shape index (κ1) is 21.7. The van der Waals surface area contributed by atoms with Crippen LogP contribution in [-0.4, -0.2) is 30.4 Å². The first-order valence-corrected chi connectivity index (χ1v) is 13.2. The Morgan fingerprint density at radius 2 is 1.74 bits per heavy atom. The van der Waals surface area contributed by atoms with E-state index in [-0.39, 0.29) is 0 Å². The van der Waals surface area contributed by atoms with Gasteiger partial charge in [0.1, 0.15) is 17.9 Å². The van der Waals surface area contributed by atoms with Crippen molar-refractivity contribution in [1.29, 1.82) is 0 Å². The Labute approximate surface area is 187 Å². The third-order valence-corrected chi connectivity index (χ3v) is 7.22. The smallest absolute Gasteiger partial charge is 0.229 e. The van der Waals surface area contributed by atoms with Gasteiger partial charge in [0.25, 0.3) is 0 Å². The molecule has 1 aromatic heterocycles. The summed E-state index contributed by atoms with van der Waals surface area (Å²) in [5.74, 6) is 1.60. The van der Waals surface area contributed by atoms with E-state index in [0.29, 0.717) is 22.5 Å². The normalized spacial score (nSPS) is 13.4. The fourth-order valence-electron chi connectivity index (χ4n) is 3.84. The molecule has 8 heteroatoms. The third-order valence-electron chi connectivity index (χ3n) is 5.39. The molecule has 0 bridgehead atoms. The van der Waals surface area contributed by atoms with E-state index in [2.05, 4.69) is 32.7 Å². The molecular weight excluding hydrogens is 431 g/mol. The number of para-hydroxylation sites is 1. The van der Waals surface area contributed by atoms with Crippen molar-refractivity contribution >= 4 is 47.2 Å². The van der Waals surface area contributed by atoms with Gasteiger partial charge >= 0.3 is 0 Å².